The van der Waals surface area contributed by atoms with Crippen molar-refractivity contribution in [2.24, 2.45) is 0 Å². The molecule has 3 aromatic rings. The third kappa shape index (κ3) is 7.78. The molecule has 0 spiro atoms. The van der Waals surface area contributed by atoms with Gasteiger partial charge in [-0.25, -0.2) is 9.97 Å². The number of hydrogen-bond donors (Lipinski definition) is 3. The minimum absolute atomic E-state index is 0.250. The van der Waals surface area contributed by atoms with E-state index in [-0.39, 0.29) is 6.61 Å². The van der Waals surface area contributed by atoms with Crippen LogP contribution in [-0.4, -0.2) is 88.6 Å². The summed E-state index contributed by atoms with van der Waals surface area (Å²) in [5, 5.41) is 19.1. The van der Waals surface area contributed by atoms with Crippen molar-refractivity contribution in [2.75, 3.05) is 69.2 Å². The number of aromatic nitrogens is 4. The molecule has 10 nitrogen and oxygen atoms in total. The summed E-state index contributed by atoms with van der Waals surface area (Å²) >= 11 is 0. The van der Waals surface area contributed by atoms with Crippen LogP contribution in [0, 0.1) is 0 Å². The minimum atomic E-state index is 0.250. The molecule has 0 atom stereocenters. The van der Waals surface area contributed by atoms with Gasteiger partial charge in [0.2, 0.25) is 5.88 Å². The Hall–Kier alpha value is -2.95. The zero-order valence-corrected chi connectivity index (χ0v) is 23.0. The van der Waals surface area contributed by atoms with E-state index in [4.69, 9.17) is 14.8 Å². The number of ether oxygens (including phenoxy) is 1. The number of aliphatic hydroxyl groups excluding tert-OH is 1. The van der Waals surface area contributed by atoms with Gasteiger partial charge in [0.05, 0.1) is 12.8 Å². The highest BCUT2D eigenvalue weighted by atomic mass is 16.5. The van der Waals surface area contributed by atoms with Crippen LogP contribution in [0.1, 0.15) is 50.7 Å². The zero-order valence-electron chi connectivity index (χ0n) is 23.0. The van der Waals surface area contributed by atoms with E-state index in [9.17, 15) is 0 Å². The van der Waals surface area contributed by atoms with Gasteiger partial charge in [-0.15, -0.1) is 0 Å². The molecule has 0 aliphatic carbocycles. The topological polar surface area (TPSA) is 103 Å². The third-order valence-electron chi connectivity index (χ3n) is 6.94. The van der Waals surface area contributed by atoms with Gasteiger partial charge in [-0.1, -0.05) is 13.0 Å². The molecule has 2 aliphatic rings. The predicted octanol–water partition coefficient (Wildman–Crippen LogP) is 2.96. The zero-order chi connectivity index (χ0) is 26.6. The van der Waals surface area contributed by atoms with Gasteiger partial charge in [0.15, 0.2) is 5.65 Å². The number of anilines is 2. The van der Waals surface area contributed by atoms with Gasteiger partial charge in [-0.05, 0) is 44.6 Å². The first kappa shape index (κ1) is 28.1. The summed E-state index contributed by atoms with van der Waals surface area (Å²) in [6.07, 6.45) is 9.52. The second-order valence-electron chi connectivity index (χ2n) is 9.77. The van der Waals surface area contributed by atoms with Crippen molar-refractivity contribution in [2.45, 2.75) is 52.5 Å². The molecule has 3 aromatic heterocycles. The number of pyridine rings is 1. The Morgan fingerprint density at radius 1 is 1.05 bits per heavy atom. The summed E-state index contributed by atoms with van der Waals surface area (Å²) in [6.45, 7) is 13.1. The van der Waals surface area contributed by atoms with Crippen molar-refractivity contribution in [1.82, 2.24) is 29.8 Å². The summed E-state index contributed by atoms with van der Waals surface area (Å²) in [6, 6.07) is 6.18. The van der Waals surface area contributed by atoms with Crippen LogP contribution in [-0.2, 0) is 13.0 Å². The molecule has 0 bridgehead atoms. The van der Waals surface area contributed by atoms with Gasteiger partial charge in [0.25, 0.3) is 0 Å². The van der Waals surface area contributed by atoms with Gasteiger partial charge < -0.3 is 30.3 Å². The molecule has 3 N–H and O–H groups in total. The molecule has 0 saturated carbocycles. The second-order valence-corrected chi connectivity index (χ2v) is 9.77. The number of nitrogens with zero attached hydrogens (tertiary/aromatic N) is 6. The Balaban J connectivity index is 0.00000107. The average molecular weight is 525 g/mol. The molecular formula is C28H44N8O2. The molecule has 2 saturated heterocycles. The van der Waals surface area contributed by atoms with Crippen LogP contribution in [0.3, 0.4) is 0 Å². The summed E-state index contributed by atoms with van der Waals surface area (Å²) < 4.78 is 7.79. The van der Waals surface area contributed by atoms with Crippen LogP contribution in [0.4, 0.5) is 11.6 Å². The quantitative estimate of drug-likeness (QED) is 0.345. The Morgan fingerprint density at radius 3 is 2.55 bits per heavy atom. The molecule has 2 aliphatic heterocycles. The average Bonchev–Trinajstić information content (AvgIpc) is 3.39. The summed E-state index contributed by atoms with van der Waals surface area (Å²) in [7, 11) is 0. The molecule has 5 rings (SSSR count). The van der Waals surface area contributed by atoms with Gasteiger partial charge in [-0.3, -0.25) is 0 Å². The summed E-state index contributed by atoms with van der Waals surface area (Å²) in [5.74, 6) is 2.69. The maximum Gasteiger partial charge on any atom is 0.213 e. The molecule has 2 fully saturated rings. The second kappa shape index (κ2) is 14.8. The van der Waals surface area contributed by atoms with Crippen molar-refractivity contribution in [3.8, 4) is 5.88 Å². The number of rotatable bonds is 10. The Bertz CT molecular complexity index is 1090. The van der Waals surface area contributed by atoms with Crippen LogP contribution in [0.5, 0.6) is 5.88 Å². The number of hydrogen-bond acceptors (Lipinski definition) is 9. The molecule has 38 heavy (non-hydrogen) atoms. The van der Waals surface area contributed by atoms with Gasteiger partial charge in [0, 0.05) is 82.9 Å². The van der Waals surface area contributed by atoms with E-state index in [1.54, 1.807) is 6.92 Å². The predicted molar refractivity (Wildman–Crippen MR) is 152 cm³/mol. The lowest BCUT2D eigenvalue weighted by Crippen LogP contribution is -2.43. The van der Waals surface area contributed by atoms with Crippen molar-refractivity contribution >= 4 is 17.3 Å². The van der Waals surface area contributed by atoms with E-state index in [1.165, 1.54) is 24.8 Å². The van der Waals surface area contributed by atoms with Crippen molar-refractivity contribution in [1.29, 1.82) is 0 Å². The smallest absolute Gasteiger partial charge is 0.213 e. The van der Waals surface area contributed by atoms with Crippen LogP contribution in [0.15, 0.2) is 30.6 Å². The number of aryl methyl sites for hydroxylation is 1. The lowest BCUT2D eigenvalue weighted by atomic mass is 10.1. The van der Waals surface area contributed by atoms with E-state index in [1.807, 2.05) is 23.0 Å². The number of fused-ring (bicyclic) bond motifs is 1. The van der Waals surface area contributed by atoms with Crippen LogP contribution < -0.4 is 20.3 Å². The largest absolute Gasteiger partial charge is 0.478 e. The lowest BCUT2D eigenvalue weighted by Gasteiger charge is -2.28. The summed E-state index contributed by atoms with van der Waals surface area (Å²) in [5.41, 5.74) is 3.22. The fraction of sp³-hybridized carbons (Fsp3) is 0.607. The van der Waals surface area contributed by atoms with E-state index < -0.39 is 0 Å². The Labute approximate surface area is 226 Å². The molecule has 0 unspecified atom stereocenters. The number of piperazine rings is 1. The highest BCUT2D eigenvalue weighted by Gasteiger charge is 2.17. The maximum absolute atomic E-state index is 7.57. The van der Waals surface area contributed by atoms with E-state index in [2.05, 4.69) is 49.6 Å². The van der Waals surface area contributed by atoms with Crippen LogP contribution >= 0.6 is 0 Å². The third-order valence-corrected chi connectivity index (χ3v) is 6.94. The standard InChI is InChI=1S/C26H38N8O.C2H6O/c1-2-22-20-30-34-23(17-24(31-26(22)34)33-12-4-3-5-13-33)28-18-21-7-8-25(29-19-21)35-16-6-11-32-14-9-27-10-15-32;1-2-3/h7-8,17,19-20,27-28H,2-6,9-16,18H2,1H3;3H,2H2,1H3. The fourth-order valence-corrected chi connectivity index (χ4v) is 4.85. The monoisotopic (exact) mass is 524 g/mol. The first-order valence-corrected chi connectivity index (χ1v) is 14.2. The Morgan fingerprint density at radius 2 is 1.84 bits per heavy atom. The van der Waals surface area contributed by atoms with E-state index in [0.717, 1.165) is 81.5 Å². The first-order valence-electron chi connectivity index (χ1n) is 14.2. The molecule has 0 radical (unpaired) electrons. The highest BCUT2D eigenvalue weighted by Crippen LogP contribution is 2.25. The van der Waals surface area contributed by atoms with Crippen molar-refractivity contribution in [3.05, 3.63) is 41.7 Å². The normalized spacial score (nSPS) is 16.2. The van der Waals surface area contributed by atoms with Crippen molar-refractivity contribution < 1.29 is 9.84 Å². The SMILES string of the molecule is CCO.CCc1cnn2c(NCc3ccc(OCCCN4CCNCC4)nc3)cc(N3CCCCC3)nc12. The van der Waals surface area contributed by atoms with Gasteiger partial charge >= 0.3 is 0 Å². The highest BCUT2D eigenvalue weighted by molar-refractivity contribution is 5.61. The van der Waals surface area contributed by atoms with Crippen LogP contribution in [0.25, 0.3) is 5.65 Å². The van der Waals surface area contributed by atoms with Crippen LogP contribution in [0.2, 0.25) is 0 Å². The molecular weight excluding hydrogens is 480 g/mol. The van der Waals surface area contributed by atoms with Gasteiger partial charge in [0.1, 0.15) is 11.6 Å². The molecule has 0 aromatic carbocycles. The maximum atomic E-state index is 7.57. The Kier molecular flexibility index (Phi) is 11.0. The molecule has 10 heteroatoms. The number of nitrogens with one attached hydrogen (secondary N) is 2. The van der Waals surface area contributed by atoms with E-state index in [0.29, 0.717) is 19.0 Å². The van der Waals surface area contributed by atoms with E-state index >= 15 is 0 Å². The minimum Gasteiger partial charge on any atom is -0.478 e. The number of piperidine rings is 1. The molecule has 0 amide bonds. The molecule has 5 heterocycles. The van der Waals surface area contributed by atoms with Gasteiger partial charge in [-0.2, -0.15) is 9.61 Å². The number of aliphatic hydroxyl groups is 1. The first-order chi connectivity index (χ1) is 18.7. The fourth-order valence-electron chi connectivity index (χ4n) is 4.85. The van der Waals surface area contributed by atoms with Crippen molar-refractivity contribution in [3.63, 3.8) is 0 Å². The molecule has 208 valence electrons. The summed E-state index contributed by atoms with van der Waals surface area (Å²) in [4.78, 5) is 14.4. The lowest BCUT2D eigenvalue weighted by molar-refractivity contribution is 0.211.